The summed E-state index contributed by atoms with van der Waals surface area (Å²) in [5.74, 6) is -5.66. The molecule has 1 atom stereocenters. The van der Waals surface area contributed by atoms with E-state index in [0.717, 1.165) is 6.92 Å². The molecule has 1 aliphatic carbocycles. The number of carbonyl (C=O) groups excluding carboxylic acids is 2. The van der Waals surface area contributed by atoms with Gasteiger partial charge in [0.1, 0.15) is 5.78 Å². The smallest absolute Gasteiger partial charge is 0.300 e. The second kappa shape index (κ2) is 3.52. The summed E-state index contributed by atoms with van der Waals surface area (Å²) in [7, 11) is 0. The monoisotopic (exact) mass is 190 g/mol. The molecule has 0 radical (unpaired) electrons. The van der Waals surface area contributed by atoms with Crippen LogP contribution in [0.3, 0.4) is 0 Å². The highest BCUT2D eigenvalue weighted by atomic mass is 19.3. The molecular weight excluding hydrogens is 178 g/mol. The number of ketones is 2. The van der Waals surface area contributed by atoms with Gasteiger partial charge in [-0.15, -0.1) is 0 Å². The minimum Gasteiger partial charge on any atom is -0.300 e. The molecule has 0 aromatic heterocycles. The molecule has 1 saturated carbocycles. The van der Waals surface area contributed by atoms with Crippen molar-refractivity contribution in [3.63, 3.8) is 0 Å². The first kappa shape index (κ1) is 10.3. The maximum atomic E-state index is 13.1. The van der Waals surface area contributed by atoms with Crippen molar-refractivity contribution < 1.29 is 18.4 Å². The van der Waals surface area contributed by atoms with Gasteiger partial charge in [-0.05, 0) is 12.8 Å². The van der Waals surface area contributed by atoms with Crippen molar-refractivity contribution in [3.05, 3.63) is 0 Å². The second-order valence-corrected chi connectivity index (χ2v) is 3.51. The van der Waals surface area contributed by atoms with Gasteiger partial charge in [0, 0.05) is 25.7 Å². The Hall–Kier alpha value is -0.800. The predicted octanol–water partition coefficient (Wildman–Crippen LogP) is 1.97. The number of hydrogen-bond donors (Lipinski definition) is 0. The van der Waals surface area contributed by atoms with Crippen LogP contribution >= 0.6 is 0 Å². The van der Waals surface area contributed by atoms with E-state index >= 15 is 0 Å². The van der Waals surface area contributed by atoms with Gasteiger partial charge in [-0.1, -0.05) is 0 Å². The van der Waals surface area contributed by atoms with E-state index in [1.54, 1.807) is 0 Å². The van der Waals surface area contributed by atoms with Crippen molar-refractivity contribution in [2.24, 2.45) is 5.92 Å². The summed E-state index contributed by atoms with van der Waals surface area (Å²) in [4.78, 5) is 21.5. The van der Waals surface area contributed by atoms with Crippen LogP contribution in [0.4, 0.5) is 8.78 Å². The molecule has 0 aromatic rings. The fraction of sp³-hybridized carbons (Fsp3) is 0.778. The van der Waals surface area contributed by atoms with Gasteiger partial charge < -0.3 is 0 Å². The summed E-state index contributed by atoms with van der Waals surface area (Å²) in [6.07, 6.45) is 0.988. The van der Waals surface area contributed by atoms with Crippen LogP contribution in [-0.2, 0) is 9.59 Å². The van der Waals surface area contributed by atoms with E-state index < -0.39 is 17.6 Å². The molecule has 1 aliphatic rings. The third-order valence-electron chi connectivity index (χ3n) is 2.46. The average molecular weight is 190 g/mol. The van der Waals surface area contributed by atoms with Gasteiger partial charge in [0.2, 0.25) is 0 Å². The normalized spacial score (nSPS) is 24.5. The maximum Gasteiger partial charge on any atom is 0.308 e. The van der Waals surface area contributed by atoms with Crippen LogP contribution in [0.15, 0.2) is 0 Å². The fourth-order valence-corrected chi connectivity index (χ4v) is 1.62. The number of alkyl halides is 2. The van der Waals surface area contributed by atoms with E-state index in [9.17, 15) is 18.4 Å². The lowest BCUT2D eigenvalue weighted by Gasteiger charge is -2.27. The molecule has 1 fully saturated rings. The molecule has 0 aromatic carbocycles. The van der Waals surface area contributed by atoms with Crippen LogP contribution in [0.5, 0.6) is 0 Å². The SMILES string of the molecule is CC(=O)C(F)(F)C1CCCC(=O)C1. The van der Waals surface area contributed by atoms with Crippen molar-refractivity contribution in [1.82, 2.24) is 0 Å². The van der Waals surface area contributed by atoms with Crippen LogP contribution in [0, 0.1) is 5.92 Å². The number of Topliss-reactive ketones (excluding diaryl/α,β-unsaturated/α-hetero) is 2. The maximum absolute atomic E-state index is 13.1. The van der Waals surface area contributed by atoms with E-state index in [2.05, 4.69) is 0 Å². The standard InChI is InChI=1S/C9H12F2O2/c1-6(12)9(10,11)7-3-2-4-8(13)5-7/h7H,2-5H2,1H3. The number of halogens is 2. The van der Waals surface area contributed by atoms with Gasteiger partial charge in [0.15, 0.2) is 5.78 Å². The molecule has 0 amide bonds. The topological polar surface area (TPSA) is 34.1 Å². The molecule has 0 N–H and O–H groups in total. The van der Waals surface area contributed by atoms with Crippen molar-refractivity contribution in [3.8, 4) is 0 Å². The van der Waals surface area contributed by atoms with Crippen molar-refractivity contribution in [1.29, 1.82) is 0 Å². The summed E-state index contributed by atoms with van der Waals surface area (Å²) in [5, 5.41) is 0. The molecule has 13 heavy (non-hydrogen) atoms. The van der Waals surface area contributed by atoms with Crippen molar-refractivity contribution >= 4 is 11.6 Å². The van der Waals surface area contributed by atoms with Crippen molar-refractivity contribution in [2.45, 2.75) is 38.5 Å². The van der Waals surface area contributed by atoms with Gasteiger partial charge in [-0.2, -0.15) is 8.78 Å². The first-order valence-corrected chi connectivity index (χ1v) is 4.35. The minimum atomic E-state index is -3.31. The Morgan fingerprint density at radius 2 is 2.15 bits per heavy atom. The zero-order chi connectivity index (χ0) is 10.1. The highest BCUT2D eigenvalue weighted by Crippen LogP contribution is 2.35. The average Bonchev–Trinajstić information content (AvgIpc) is 2.04. The third kappa shape index (κ3) is 2.11. The Kier molecular flexibility index (Phi) is 2.78. The van der Waals surface area contributed by atoms with Gasteiger partial charge in [-0.25, -0.2) is 0 Å². The lowest BCUT2D eigenvalue weighted by molar-refractivity contribution is -0.153. The lowest BCUT2D eigenvalue weighted by Crippen LogP contribution is -2.38. The molecule has 0 saturated heterocycles. The van der Waals surface area contributed by atoms with Gasteiger partial charge in [0.25, 0.3) is 0 Å². The van der Waals surface area contributed by atoms with Gasteiger partial charge >= 0.3 is 5.92 Å². The summed E-state index contributed by atoms with van der Waals surface area (Å²) in [6, 6.07) is 0. The zero-order valence-electron chi connectivity index (χ0n) is 7.48. The number of rotatable bonds is 2. The van der Waals surface area contributed by atoms with Crippen LogP contribution in [0.1, 0.15) is 32.6 Å². The third-order valence-corrected chi connectivity index (χ3v) is 2.46. The molecule has 1 unspecified atom stereocenters. The molecule has 0 spiro atoms. The van der Waals surface area contributed by atoms with Crippen LogP contribution in [-0.4, -0.2) is 17.5 Å². The number of hydrogen-bond acceptors (Lipinski definition) is 2. The Labute approximate surface area is 75.3 Å². The van der Waals surface area contributed by atoms with Crippen LogP contribution < -0.4 is 0 Å². The Balaban J connectivity index is 2.70. The quantitative estimate of drug-likeness (QED) is 0.667. The first-order chi connectivity index (χ1) is 5.94. The van der Waals surface area contributed by atoms with Crippen LogP contribution in [0.25, 0.3) is 0 Å². The molecule has 74 valence electrons. The molecule has 2 nitrogen and oxygen atoms in total. The van der Waals surface area contributed by atoms with E-state index in [1.165, 1.54) is 0 Å². The highest BCUT2D eigenvalue weighted by Gasteiger charge is 2.45. The Bertz CT molecular complexity index is 236. The Morgan fingerprint density at radius 3 is 2.62 bits per heavy atom. The largest absolute Gasteiger partial charge is 0.308 e. The molecule has 1 rings (SSSR count). The minimum absolute atomic E-state index is 0.146. The fourth-order valence-electron chi connectivity index (χ4n) is 1.62. The highest BCUT2D eigenvalue weighted by molar-refractivity contribution is 5.85. The summed E-state index contributed by atoms with van der Waals surface area (Å²) in [6.45, 7) is 0.874. The summed E-state index contributed by atoms with van der Waals surface area (Å²) >= 11 is 0. The second-order valence-electron chi connectivity index (χ2n) is 3.51. The summed E-state index contributed by atoms with van der Waals surface area (Å²) < 4.78 is 26.2. The molecule has 0 heterocycles. The van der Waals surface area contributed by atoms with E-state index in [0.29, 0.717) is 12.8 Å². The lowest BCUT2D eigenvalue weighted by atomic mass is 9.82. The molecular formula is C9H12F2O2. The number of carbonyl (C=O) groups is 2. The van der Waals surface area contributed by atoms with Gasteiger partial charge in [-0.3, -0.25) is 9.59 Å². The van der Waals surface area contributed by atoms with E-state index in [4.69, 9.17) is 0 Å². The predicted molar refractivity (Wildman–Crippen MR) is 42.6 cm³/mol. The van der Waals surface area contributed by atoms with E-state index in [1.807, 2.05) is 0 Å². The first-order valence-electron chi connectivity index (χ1n) is 4.35. The molecule has 0 aliphatic heterocycles. The van der Waals surface area contributed by atoms with Crippen LogP contribution in [0.2, 0.25) is 0 Å². The Morgan fingerprint density at radius 1 is 1.54 bits per heavy atom. The zero-order valence-corrected chi connectivity index (χ0v) is 7.48. The van der Waals surface area contributed by atoms with E-state index in [-0.39, 0.29) is 18.6 Å². The summed E-state index contributed by atoms with van der Waals surface area (Å²) in [5.41, 5.74) is 0. The van der Waals surface area contributed by atoms with Crippen molar-refractivity contribution in [2.75, 3.05) is 0 Å². The van der Waals surface area contributed by atoms with Gasteiger partial charge in [0.05, 0.1) is 0 Å². The molecule has 0 bridgehead atoms. The molecule has 4 heteroatoms.